The summed E-state index contributed by atoms with van der Waals surface area (Å²) in [6.07, 6.45) is 59.2. The molecule has 0 heterocycles. The maximum Gasteiger partial charge on any atom is 0.306 e. The van der Waals surface area contributed by atoms with Gasteiger partial charge in [0.15, 0.2) is 6.10 Å². The average Bonchev–Trinajstić information content (AvgIpc) is 3.24. The first-order valence-electron chi connectivity index (χ1n) is 25.3. The van der Waals surface area contributed by atoms with Gasteiger partial charge in [-0.3, -0.25) is 14.4 Å². The molecular weight excluding hydrogens is 745 g/mol. The lowest BCUT2D eigenvalue weighted by Crippen LogP contribution is -2.30. The Morgan fingerprint density at radius 1 is 0.350 bits per heavy atom. The van der Waals surface area contributed by atoms with Crippen molar-refractivity contribution in [2.45, 2.75) is 252 Å². The Morgan fingerprint density at radius 2 is 0.650 bits per heavy atom. The molecule has 0 aliphatic carbocycles. The molecule has 1 atom stereocenters. The highest BCUT2D eigenvalue weighted by Crippen LogP contribution is 2.15. The van der Waals surface area contributed by atoms with Gasteiger partial charge in [0.25, 0.3) is 0 Å². The number of ether oxygens (including phenoxy) is 3. The smallest absolute Gasteiger partial charge is 0.306 e. The number of carbonyl (C=O) groups excluding carboxylic acids is 3. The second-order valence-corrected chi connectivity index (χ2v) is 16.7. The molecule has 0 aliphatic rings. The third kappa shape index (κ3) is 46.2. The standard InChI is InChI=1S/C54H94O6/c1-4-7-10-13-16-19-22-24-25-26-27-28-29-30-33-35-38-41-44-47-53(56)59-50-51(49-58-52(55)46-43-40-37-34-31-21-18-15-12-9-6-3)60-54(57)48-45-42-39-36-32-23-20-17-14-11-8-5-2/h7-8,10-11,16-17,19-20,24-25,51H,4-6,9,12-15,18,21-23,26-50H2,1-3H3/b10-7-,11-8-,19-16-,20-17-,25-24-. The van der Waals surface area contributed by atoms with Crippen molar-refractivity contribution in [3.63, 3.8) is 0 Å². The fourth-order valence-electron chi connectivity index (χ4n) is 7.02. The maximum absolute atomic E-state index is 12.7. The van der Waals surface area contributed by atoms with Crippen molar-refractivity contribution in [3.8, 4) is 0 Å². The molecule has 6 nitrogen and oxygen atoms in total. The highest BCUT2D eigenvalue weighted by atomic mass is 16.6. The lowest BCUT2D eigenvalue weighted by atomic mass is 10.1. The number of rotatable bonds is 45. The normalized spacial score (nSPS) is 12.5. The summed E-state index contributed by atoms with van der Waals surface area (Å²) < 4.78 is 16.8. The Bertz CT molecular complexity index is 1100. The summed E-state index contributed by atoms with van der Waals surface area (Å²) >= 11 is 0. The molecule has 0 radical (unpaired) electrons. The monoisotopic (exact) mass is 839 g/mol. The average molecular weight is 839 g/mol. The Kier molecular flexibility index (Phi) is 46.4. The van der Waals surface area contributed by atoms with Crippen LogP contribution >= 0.6 is 0 Å². The van der Waals surface area contributed by atoms with Crippen LogP contribution in [0.25, 0.3) is 0 Å². The topological polar surface area (TPSA) is 78.9 Å². The first-order chi connectivity index (χ1) is 29.5. The van der Waals surface area contributed by atoms with E-state index >= 15 is 0 Å². The molecule has 60 heavy (non-hydrogen) atoms. The summed E-state index contributed by atoms with van der Waals surface area (Å²) in [4.78, 5) is 37.9. The van der Waals surface area contributed by atoms with E-state index in [0.29, 0.717) is 19.3 Å². The zero-order valence-corrected chi connectivity index (χ0v) is 39.5. The van der Waals surface area contributed by atoms with E-state index < -0.39 is 6.10 Å². The van der Waals surface area contributed by atoms with E-state index in [4.69, 9.17) is 14.2 Å². The highest BCUT2D eigenvalue weighted by molar-refractivity contribution is 5.71. The minimum absolute atomic E-state index is 0.0800. The number of allylic oxidation sites excluding steroid dienone is 10. The number of unbranched alkanes of at least 4 members (excludes halogenated alkanes) is 24. The van der Waals surface area contributed by atoms with Crippen molar-refractivity contribution < 1.29 is 28.6 Å². The number of esters is 3. The molecule has 0 aromatic heterocycles. The fourth-order valence-corrected chi connectivity index (χ4v) is 7.02. The van der Waals surface area contributed by atoms with E-state index in [1.807, 2.05) is 0 Å². The van der Waals surface area contributed by atoms with Crippen LogP contribution in [0.1, 0.15) is 245 Å². The van der Waals surface area contributed by atoms with Gasteiger partial charge in [-0.05, 0) is 77.0 Å². The van der Waals surface area contributed by atoms with Crippen LogP contribution in [0.3, 0.4) is 0 Å². The van der Waals surface area contributed by atoms with Gasteiger partial charge in [-0.1, -0.05) is 210 Å². The molecule has 0 spiro atoms. The van der Waals surface area contributed by atoms with Crippen molar-refractivity contribution in [2.75, 3.05) is 13.2 Å². The van der Waals surface area contributed by atoms with Gasteiger partial charge in [0.1, 0.15) is 13.2 Å². The van der Waals surface area contributed by atoms with Crippen molar-refractivity contribution in [1.29, 1.82) is 0 Å². The van der Waals surface area contributed by atoms with Gasteiger partial charge in [0.2, 0.25) is 0 Å². The van der Waals surface area contributed by atoms with Crippen LogP contribution in [0.5, 0.6) is 0 Å². The number of hydrogen-bond acceptors (Lipinski definition) is 6. The highest BCUT2D eigenvalue weighted by Gasteiger charge is 2.19. The van der Waals surface area contributed by atoms with Crippen LogP contribution in [-0.2, 0) is 28.6 Å². The van der Waals surface area contributed by atoms with Crippen molar-refractivity contribution in [2.24, 2.45) is 0 Å². The van der Waals surface area contributed by atoms with Crippen LogP contribution in [0.4, 0.5) is 0 Å². The zero-order chi connectivity index (χ0) is 43.7. The summed E-state index contributed by atoms with van der Waals surface area (Å²) in [5, 5.41) is 0. The second kappa shape index (κ2) is 48.8. The maximum atomic E-state index is 12.7. The SMILES string of the molecule is CC/C=C\C/C=C\C/C=C\CCCCCCCCCCCC(=O)OCC(COC(=O)CCCCCCCCCCCCC)OC(=O)CCCCCCC/C=C\C/C=C\CC. The Labute approximate surface area is 370 Å². The van der Waals surface area contributed by atoms with Crippen LogP contribution in [0.15, 0.2) is 60.8 Å². The zero-order valence-electron chi connectivity index (χ0n) is 39.5. The van der Waals surface area contributed by atoms with Crippen LogP contribution in [0, 0.1) is 0 Å². The molecule has 0 aromatic carbocycles. The van der Waals surface area contributed by atoms with Gasteiger partial charge in [-0.2, -0.15) is 0 Å². The van der Waals surface area contributed by atoms with E-state index in [9.17, 15) is 14.4 Å². The fraction of sp³-hybridized carbons (Fsp3) is 0.759. The summed E-state index contributed by atoms with van der Waals surface area (Å²) in [5.74, 6) is -0.898. The first kappa shape index (κ1) is 57.1. The lowest BCUT2D eigenvalue weighted by molar-refractivity contribution is -0.167. The van der Waals surface area contributed by atoms with E-state index in [1.54, 1.807) is 0 Å². The van der Waals surface area contributed by atoms with E-state index in [1.165, 1.54) is 96.3 Å². The summed E-state index contributed by atoms with van der Waals surface area (Å²) in [7, 11) is 0. The molecule has 0 rings (SSSR count). The van der Waals surface area contributed by atoms with Crippen LogP contribution < -0.4 is 0 Å². The molecule has 0 saturated heterocycles. The first-order valence-corrected chi connectivity index (χ1v) is 25.3. The Morgan fingerprint density at radius 3 is 1.02 bits per heavy atom. The minimum atomic E-state index is -0.780. The minimum Gasteiger partial charge on any atom is -0.462 e. The van der Waals surface area contributed by atoms with E-state index in [2.05, 4.69) is 81.5 Å². The molecule has 346 valence electrons. The molecule has 0 bridgehead atoms. The predicted octanol–water partition coefficient (Wildman–Crippen LogP) is 16.5. The molecule has 0 amide bonds. The van der Waals surface area contributed by atoms with E-state index in [-0.39, 0.29) is 31.1 Å². The predicted molar refractivity (Wildman–Crippen MR) is 256 cm³/mol. The summed E-state index contributed by atoms with van der Waals surface area (Å²) in [6, 6.07) is 0. The molecule has 6 heteroatoms. The lowest BCUT2D eigenvalue weighted by Gasteiger charge is -2.18. The molecule has 0 aliphatic heterocycles. The van der Waals surface area contributed by atoms with Gasteiger partial charge < -0.3 is 14.2 Å². The third-order valence-corrected chi connectivity index (χ3v) is 10.8. The number of hydrogen-bond donors (Lipinski definition) is 0. The van der Waals surface area contributed by atoms with Gasteiger partial charge >= 0.3 is 17.9 Å². The number of carbonyl (C=O) groups is 3. The largest absolute Gasteiger partial charge is 0.462 e. The molecule has 0 fully saturated rings. The molecule has 0 N–H and O–H groups in total. The van der Waals surface area contributed by atoms with Crippen molar-refractivity contribution in [3.05, 3.63) is 60.8 Å². The van der Waals surface area contributed by atoms with Crippen LogP contribution in [-0.4, -0.2) is 37.2 Å². The third-order valence-electron chi connectivity index (χ3n) is 10.8. The summed E-state index contributed by atoms with van der Waals surface area (Å²) in [5.41, 5.74) is 0. The van der Waals surface area contributed by atoms with Gasteiger partial charge in [0.05, 0.1) is 0 Å². The van der Waals surface area contributed by atoms with Crippen molar-refractivity contribution >= 4 is 17.9 Å². The molecule has 1 unspecified atom stereocenters. The molecule has 0 aromatic rings. The molecule has 0 saturated carbocycles. The van der Waals surface area contributed by atoms with E-state index in [0.717, 1.165) is 109 Å². The quantitative estimate of drug-likeness (QED) is 0.0263. The Hall–Kier alpha value is -2.89. The Balaban J connectivity index is 4.33. The van der Waals surface area contributed by atoms with Crippen molar-refractivity contribution in [1.82, 2.24) is 0 Å². The summed E-state index contributed by atoms with van der Waals surface area (Å²) in [6.45, 7) is 6.40. The molecular formula is C54H94O6. The van der Waals surface area contributed by atoms with Gasteiger partial charge in [-0.15, -0.1) is 0 Å². The van der Waals surface area contributed by atoms with Crippen LogP contribution in [0.2, 0.25) is 0 Å². The van der Waals surface area contributed by atoms with Gasteiger partial charge in [0, 0.05) is 19.3 Å². The van der Waals surface area contributed by atoms with Gasteiger partial charge in [-0.25, -0.2) is 0 Å². The second-order valence-electron chi connectivity index (χ2n) is 16.7.